The maximum absolute atomic E-state index is 12.8. The van der Waals surface area contributed by atoms with E-state index < -0.39 is 11.7 Å². The second-order valence-corrected chi connectivity index (χ2v) is 4.88. The molecule has 0 aliphatic heterocycles. The summed E-state index contributed by atoms with van der Waals surface area (Å²) in [5.41, 5.74) is 0.0409. The molecule has 2 N–H and O–H groups in total. The van der Waals surface area contributed by atoms with Gasteiger partial charge >= 0.3 is 6.18 Å². The van der Waals surface area contributed by atoms with Gasteiger partial charge in [-0.2, -0.15) is 13.2 Å². The highest BCUT2D eigenvalue weighted by Crippen LogP contribution is 2.31. The predicted octanol–water partition coefficient (Wildman–Crippen LogP) is 4.06. The Morgan fingerprint density at radius 1 is 1.33 bits per heavy atom. The van der Waals surface area contributed by atoms with E-state index in [0.717, 1.165) is 24.7 Å². The molecule has 0 saturated heterocycles. The number of hydrogen-bond acceptors (Lipinski definition) is 2. The first kappa shape index (κ1) is 15.6. The van der Waals surface area contributed by atoms with Gasteiger partial charge in [0.15, 0.2) is 0 Å². The fourth-order valence-corrected chi connectivity index (χ4v) is 2.22. The molecule has 0 radical (unpaired) electrons. The number of nitrogens with zero attached hydrogens (tertiary/aromatic N) is 1. The zero-order valence-electron chi connectivity index (χ0n) is 11.7. The number of aromatic amines is 1. The highest BCUT2D eigenvalue weighted by atomic mass is 19.4. The first-order valence-corrected chi connectivity index (χ1v) is 6.89. The van der Waals surface area contributed by atoms with Gasteiger partial charge < -0.3 is 10.3 Å². The highest BCUT2D eigenvalue weighted by molar-refractivity contribution is 5.28. The topological polar surface area (TPSA) is 40.7 Å². The molecule has 3 nitrogen and oxygen atoms in total. The lowest BCUT2D eigenvalue weighted by Gasteiger charge is -2.19. The minimum absolute atomic E-state index is 0.123. The Morgan fingerprint density at radius 3 is 2.76 bits per heavy atom. The van der Waals surface area contributed by atoms with Gasteiger partial charge in [-0.25, -0.2) is 4.98 Å². The summed E-state index contributed by atoms with van der Waals surface area (Å²) >= 11 is 0. The highest BCUT2D eigenvalue weighted by Gasteiger charge is 2.30. The minimum Gasteiger partial charge on any atom is -0.348 e. The van der Waals surface area contributed by atoms with Crippen molar-refractivity contribution in [3.63, 3.8) is 0 Å². The van der Waals surface area contributed by atoms with Gasteiger partial charge in [-0.3, -0.25) is 0 Å². The zero-order chi connectivity index (χ0) is 15.3. The molecule has 0 fully saturated rings. The summed E-state index contributed by atoms with van der Waals surface area (Å²) in [6.45, 7) is 2.50. The summed E-state index contributed by atoms with van der Waals surface area (Å²) < 4.78 is 38.4. The smallest absolute Gasteiger partial charge is 0.348 e. The van der Waals surface area contributed by atoms with Crippen LogP contribution < -0.4 is 5.32 Å². The molecular weight excluding hydrogens is 279 g/mol. The maximum Gasteiger partial charge on any atom is 0.416 e. The molecule has 1 atom stereocenters. The van der Waals surface area contributed by atoms with Gasteiger partial charge in [0.2, 0.25) is 0 Å². The van der Waals surface area contributed by atoms with Crippen molar-refractivity contribution >= 4 is 0 Å². The Kier molecular flexibility index (Phi) is 5.01. The molecule has 0 bridgehead atoms. The molecule has 6 heteroatoms. The molecule has 2 aromatic rings. The van der Waals surface area contributed by atoms with E-state index in [1.54, 1.807) is 18.5 Å². The van der Waals surface area contributed by atoms with E-state index >= 15 is 0 Å². The van der Waals surface area contributed by atoms with Crippen molar-refractivity contribution in [2.45, 2.75) is 38.5 Å². The molecule has 1 unspecified atom stereocenters. The number of nitrogens with one attached hydrogen (secondary N) is 2. The fraction of sp³-hybridized carbons (Fsp3) is 0.400. The summed E-state index contributed by atoms with van der Waals surface area (Å²) in [5, 5.41) is 3.26. The third-order valence-corrected chi connectivity index (χ3v) is 3.26. The number of alkyl halides is 3. The van der Waals surface area contributed by atoms with Crippen molar-refractivity contribution in [1.82, 2.24) is 15.3 Å². The number of hydrogen-bond donors (Lipinski definition) is 2. The normalized spacial score (nSPS) is 13.3. The fourth-order valence-electron chi connectivity index (χ4n) is 2.22. The Morgan fingerprint density at radius 2 is 2.14 bits per heavy atom. The Bertz CT molecular complexity index is 550. The molecule has 21 heavy (non-hydrogen) atoms. The summed E-state index contributed by atoms with van der Waals surface area (Å²) in [6.07, 6.45) is 0.702. The predicted molar refractivity (Wildman–Crippen MR) is 74.5 cm³/mol. The van der Waals surface area contributed by atoms with Crippen molar-refractivity contribution in [2.24, 2.45) is 0 Å². The van der Waals surface area contributed by atoms with E-state index in [9.17, 15) is 13.2 Å². The molecule has 1 aromatic heterocycles. The maximum atomic E-state index is 12.8. The number of rotatable bonds is 6. The van der Waals surface area contributed by atoms with Gasteiger partial charge in [-0.15, -0.1) is 0 Å². The van der Waals surface area contributed by atoms with Crippen LogP contribution in [0.2, 0.25) is 0 Å². The summed E-state index contributed by atoms with van der Waals surface area (Å²) in [7, 11) is 0. The quantitative estimate of drug-likeness (QED) is 0.844. The third kappa shape index (κ3) is 4.32. The molecule has 1 aromatic carbocycles. The van der Waals surface area contributed by atoms with Crippen LogP contribution in [-0.2, 0) is 12.7 Å². The van der Waals surface area contributed by atoms with Crippen molar-refractivity contribution in [3.05, 3.63) is 53.6 Å². The summed E-state index contributed by atoms with van der Waals surface area (Å²) in [5.74, 6) is 0.767. The standard InChI is InChI=1S/C15H18F3N3/c1-2-4-13(21-10-14-19-7-8-20-14)11-5-3-6-12(9-11)15(16,17)18/h3,5-9,13,21H,2,4,10H2,1H3,(H,19,20). The number of halogens is 3. The van der Waals surface area contributed by atoms with E-state index in [1.165, 1.54) is 12.1 Å². The number of H-pyrrole nitrogens is 1. The van der Waals surface area contributed by atoms with Crippen molar-refractivity contribution in [2.75, 3.05) is 0 Å². The van der Waals surface area contributed by atoms with Gasteiger partial charge in [0.05, 0.1) is 12.1 Å². The van der Waals surface area contributed by atoms with E-state index in [0.29, 0.717) is 12.1 Å². The molecule has 2 rings (SSSR count). The Labute approximate surface area is 121 Å². The van der Waals surface area contributed by atoms with E-state index in [1.807, 2.05) is 6.92 Å². The first-order chi connectivity index (χ1) is 10.0. The number of imidazole rings is 1. The van der Waals surface area contributed by atoms with Gasteiger partial charge in [-0.05, 0) is 24.1 Å². The number of aromatic nitrogens is 2. The molecule has 0 spiro atoms. The van der Waals surface area contributed by atoms with Crippen molar-refractivity contribution < 1.29 is 13.2 Å². The van der Waals surface area contributed by atoms with Crippen LogP contribution in [0, 0.1) is 0 Å². The van der Waals surface area contributed by atoms with Crippen LogP contribution in [0.25, 0.3) is 0 Å². The molecule has 114 valence electrons. The lowest BCUT2D eigenvalue weighted by molar-refractivity contribution is -0.137. The lowest BCUT2D eigenvalue weighted by Crippen LogP contribution is -2.22. The second kappa shape index (κ2) is 6.76. The largest absolute Gasteiger partial charge is 0.416 e. The van der Waals surface area contributed by atoms with Gasteiger partial charge in [0, 0.05) is 18.4 Å². The van der Waals surface area contributed by atoms with Gasteiger partial charge in [0.1, 0.15) is 5.82 Å². The van der Waals surface area contributed by atoms with Crippen LogP contribution in [0.4, 0.5) is 13.2 Å². The Balaban J connectivity index is 2.13. The third-order valence-electron chi connectivity index (χ3n) is 3.26. The van der Waals surface area contributed by atoms with E-state index in [2.05, 4.69) is 15.3 Å². The molecule has 0 aliphatic carbocycles. The van der Waals surface area contributed by atoms with Crippen molar-refractivity contribution in [3.8, 4) is 0 Å². The monoisotopic (exact) mass is 297 g/mol. The summed E-state index contributed by atoms with van der Waals surface area (Å²) in [4.78, 5) is 7.07. The lowest BCUT2D eigenvalue weighted by atomic mass is 10.00. The van der Waals surface area contributed by atoms with Crippen LogP contribution in [0.1, 0.15) is 42.8 Å². The minimum atomic E-state index is -4.31. The van der Waals surface area contributed by atoms with Crippen LogP contribution in [0.5, 0.6) is 0 Å². The SMILES string of the molecule is CCCC(NCc1ncc[nH]1)c1cccc(C(F)(F)F)c1. The van der Waals surface area contributed by atoms with E-state index in [4.69, 9.17) is 0 Å². The van der Waals surface area contributed by atoms with Crippen LogP contribution >= 0.6 is 0 Å². The van der Waals surface area contributed by atoms with Crippen LogP contribution in [0.3, 0.4) is 0 Å². The van der Waals surface area contributed by atoms with Crippen molar-refractivity contribution in [1.29, 1.82) is 0 Å². The molecule has 0 aliphatic rings. The average Bonchev–Trinajstić information content (AvgIpc) is 2.96. The summed E-state index contributed by atoms with van der Waals surface area (Å²) in [6, 6.07) is 5.37. The molecule has 0 amide bonds. The Hall–Kier alpha value is -1.82. The first-order valence-electron chi connectivity index (χ1n) is 6.89. The average molecular weight is 297 g/mol. The van der Waals surface area contributed by atoms with Gasteiger partial charge in [-0.1, -0.05) is 25.5 Å². The second-order valence-electron chi connectivity index (χ2n) is 4.88. The van der Waals surface area contributed by atoms with Gasteiger partial charge in [0.25, 0.3) is 0 Å². The van der Waals surface area contributed by atoms with Crippen LogP contribution in [0.15, 0.2) is 36.7 Å². The molecule has 1 heterocycles. The number of benzene rings is 1. The zero-order valence-corrected chi connectivity index (χ0v) is 11.7. The van der Waals surface area contributed by atoms with Crippen LogP contribution in [-0.4, -0.2) is 9.97 Å². The van der Waals surface area contributed by atoms with E-state index in [-0.39, 0.29) is 6.04 Å². The molecule has 0 saturated carbocycles. The molecular formula is C15H18F3N3.